The Morgan fingerprint density at radius 2 is 2.07 bits per heavy atom. The zero-order chi connectivity index (χ0) is 19.9. The van der Waals surface area contributed by atoms with Crippen LogP contribution in [0.25, 0.3) is 0 Å². The van der Waals surface area contributed by atoms with Crippen LogP contribution in [0, 0.1) is 11.8 Å². The van der Waals surface area contributed by atoms with E-state index in [1.165, 1.54) is 25.9 Å². The molecule has 0 saturated carbocycles. The molecule has 8 nitrogen and oxygen atoms in total. The predicted octanol–water partition coefficient (Wildman–Crippen LogP) is 0.853. The standard InChI is InChI=1S/C18H22N2O6S/c1-20-15(22)11-12(16(20)23)18(17(24)25,7-8-27-3)19-13(11)9-5-4-6-10(26-2)14(9)21/h4-6,11-13,19,21H,7-8H2,1-3H3,(H,24,25)/t11-,12+,13+,18+/m1/s1. The maximum Gasteiger partial charge on any atom is 0.324 e. The van der Waals surface area contributed by atoms with E-state index in [0.29, 0.717) is 11.3 Å². The van der Waals surface area contributed by atoms with Crippen molar-refractivity contribution in [2.75, 3.05) is 26.2 Å². The van der Waals surface area contributed by atoms with Gasteiger partial charge < -0.3 is 14.9 Å². The molecule has 0 spiro atoms. The molecule has 2 aliphatic rings. The molecule has 3 N–H and O–H groups in total. The molecule has 0 bridgehead atoms. The van der Waals surface area contributed by atoms with Crippen LogP contribution in [0.2, 0.25) is 0 Å². The molecule has 146 valence electrons. The first-order valence-corrected chi connectivity index (χ1v) is 9.86. The van der Waals surface area contributed by atoms with Crippen molar-refractivity contribution in [2.45, 2.75) is 18.0 Å². The van der Waals surface area contributed by atoms with Crippen molar-refractivity contribution in [2.24, 2.45) is 11.8 Å². The van der Waals surface area contributed by atoms with Crippen molar-refractivity contribution in [3.05, 3.63) is 23.8 Å². The van der Waals surface area contributed by atoms with Crippen molar-refractivity contribution in [3.8, 4) is 11.5 Å². The molecule has 0 unspecified atom stereocenters. The van der Waals surface area contributed by atoms with E-state index in [4.69, 9.17) is 4.74 Å². The van der Waals surface area contributed by atoms with Gasteiger partial charge in [0.25, 0.3) is 0 Å². The maximum absolute atomic E-state index is 12.8. The number of benzene rings is 1. The number of imide groups is 1. The lowest BCUT2D eigenvalue weighted by atomic mass is 9.78. The van der Waals surface area contributed by atoms with Crippen LogP contribution in [0.1, 0.15) is 18.0 Å². The fraction of sp³-hybridized carbons (Fsp3) is 0.500. The Morgan fingerprint density at radius 1 is 1.37 bits per heavy atom. The average molecular weight is 394 g/mol. The molecule has 2 heterocycles. The molecule has 27 heavy (non-hydrogen) atoms. The lowest BCUT2D eigenvalue weighted by Gasteiger charge is -2.30. The van der Waals surface area contributed by atoms with Gasteiger partial charge in [-0.1, -0.05) is 12.1 Å². The molecule has 2 fully saturated rings. The number of hydrogen-bond acceptors (Lipinski definition) is 7. The van der Waals surface area contributed by atoms with Gasteiger partial charge >= 0.3 is 5.97 Å². The lowest BCUT2D eigenvalue weighted by molar-refractivity contribution is -0.151. The summed E-state index contributed by atoms with van der Waals surface area (Å²) >= 11 is 1.47. The Morgan fingerprint density at radius 3 is 2.67 bits per heavy atom. The number of aliphatic carboxylic acids is 1. The predicted molar refractivity (Wildman–Crippen MR) is 98.7 cm³/mol. The van der Waals surface area contributed by atoms with E-state index in [-0.39, 0.29) is 17.9 Å². The number of likely N-dealkylation sites (tertiary alicyclic amines) is 1. The van der Waals surface area contributed by atoms with Crippen LogP contribution in [-0.2, 0) is 14.4 Å². The second-order valence-corrected chi connectivity index (χ2v) is 7.76. The van der Waals surface area contributed by atoms with Gasteiger partial charge in [-0.15, -0.1) is 0 Å². The van der Waals surface area contributed by atoms with Gasteiger partial charge in [0.15, 0.2) is 11.5 Å². The third-order valence-electron chi connectivity index (χ3n) is 5.54. The van der Waals surface area contributed by atoms with E-state index in [0.717, 1.165) is 4.90 Å². The number of rotatable bonds is 6. The third-order valence-corrected chi connectivity index (χ3v) is 6.15. The summed E-state index contributed by atoms with van der Waals surface area (Å²) in [6, 6.07) is 4.01. The minimum atomic E-state index is -1.58. The van der Waals surface area contributed by atoms with E-state index in [2.05, 4.69) is 5.32 Å². The molecule has 2 saturated heterocycles. The molecule has 3 rings (SSSR count). The highest BCUT2D eigenvalue weighted by molar-refractivity contribution is 7.98. The van der Waals surface area contributed by atoms with Gasteiger partial charge in [-0.25, -0.2) is 0 Å². The monoisotopic (exact) mass is 394 g/mol. The van der Waals surface area contributed by atoms with E-state index < -0.39 is 41.2 Å². The van der Waals surface area contributed by atoms with Gasteiger partial charge in [-0.2, -0.15) is 11.8 Å². The smallest absolute Gasteiger partial charge is 0.324 e. The summed E-state index contributed by atoms with van der Waals surface area (Å²) in [6.07, 6.45) is 2.03. The van der Waals surface area contributed by atoms with E-state index in [9.17, 15) is 24.6 Å². The molecular weight excluding hydrogens is 372 g/mol. The molecule has 0 radical (unpaired) electrons. The zero-order valence-electron chi connectivity index (χ0n) is 15.3. The van der Waals surface area contributed by atoms with Crippen LogP contribution in [0.4, 0.5) is 0 Å². The summed E-state index contributed by atoms with van der Waals surface area (Å²) in [5.74, 6) is -3.51. The number of hydrogen-bond donors (Lipinski definition) is 3. The summed E-state index contributed by atoms with van der Waals surface area (Å²) in [6.45, 7) is 0. The van der Waals surface area contributed by atoms with Crippen LogP contribution in [-0.4, -0.2) is 64.6 Å². The first kappa shape index (κ1) is 19.5. The van der Waals surface area contributed by atoms with Gasteiger partial charge in [0.2, 0.25) is 11.8 Å². The second kappa shape index (κ2) is 7.05. The van der Waals surface area contributed by atoms with E-state index >= 15 is 0 Å². The average Bonchev–Trinajstić information content (AvgIpc) is 3.11. The van der Waals surface area contributed by atoms with Crippen molar-refractivity contribution in [1.82, 2.24) is 10.2 Å². The Kier molecular flexibility index (Phi) is 5.09. The number of fused-ring (bicyclic) bond motifs is 1. The van der Waals surface area contributed by atoms with Crippen LogP contribution in [0.5, 0.6) is 11.5 Å². The van der Waals surface area contributed by atoms with Crippen molar-refractivity contribution in [3.63, 3.8) is 0 Å². The number of para-hydroxylation sites is 1. The highest BCUT2D eigenvalue weighted by atomic mass is 32.2. The number of carboxylic acid groups (broad SMARTS) is 1. The molecule has 1 aromatic carbocycles. The number of methoxy groups -OCH3 is 1. The molecule has 0 aromatic heterocycles. The highest BCUT2D eigenvalue weighted by Crippen LogP contribution is 2.52. The minimum Gasteiger partial charge on any atom is -0.504 e. The minimum absolute atomic E-state index is 0.169. The van der Waals surface area contributed by atoms with Gasteiger partial charge in [0, 0.05) is 18.7 Å². The molecule has 0 aliphatic carbocycles. The Labute approximate surface area is 160 Å². The first-order chi connectivity index (χ1) is 12.8. The maximum atomic E-state index is 12.8. The molecule has 4 atom stereocenters. The number of phenols is 1. The SMILES string of the molecule is COc1cccc([C@@H]2N[C@](CCSC)(C(=O)O)[C@@H]3C(=O)N(C)C(=O)[C@H]32)c1O. The molecule has 1 aromatic rings. The third kappa shape index (κ3) is 2.76. The Bertz CT molecular complexity index is 800. The number of ether oxygens (including phenoxy) is 1. The van der Waals surface area contributed by atoms with E-state index in [1.54, 1.807) is 18.2 Å². The number of aromatic hydroxyl groups is 1. The molecule has 9 heteroatoms. The topological polar surface area (TPSA) is 116 Å². The van der Waals surface area contributed by atoms with E-state index in [1.807, 2.05) is 6.26 Å². The van der Waals surface area contributed by atoms with Crippen molar-refractivity contribution < 1.29 is 29.3 Å². The summed E-state index contributed by atoms with van der Waals surface area (Å²) in [7, 11) is 2.77. The largest absolute Gasteiger partial charge is 0.504 e. The first-order valence-electron chi connectivity index (χ1n) is 8.47. The summed E-state index contributed by atoms with van der Waals surface area (Å²) in [4.78, 5) is 38.8. The molecule has 2 amide bonds. The fourth-order valence-corrected chi connectivity index (χ4v) is 4.69. The van der Waals surface area contributed by atoms with Crippen LogP contribution < -0.4 is 10.1 Å². The number of carboxylic acids is 1. The summed E-state index contributed by atoms with van der Waals surface area (Å²) in [5, 5.41) is 23.6. The van der Waals surface area contributed by atoms with Crippen molar-refractivity contribution in [1.29, 1.82) is 0 Å². The second-order valence-electron chi connectivity index (χ2n) is 6.78. The number of amides is 2. The number of nitrogens with one attached hydrogen (secondary N) is 1. The van der Waals surface area contributed by atoms with Gasteiger partial charge in [-0.3, -0.25) is 24.6 Å². The molecular formula is C18H22N2O6S. The van der Waals surface area contributed by atoms with Crippen LogP contribution in [0.3, 0.4) is 0 Å². The van der Waals surface area contributed by atoms with Gasteiger partial charge in [0.1, 0.15) is 5.54 Å². The number of thioether (sulfide) groups is 1. The molecule has 2 aliphatic heterocycles. The van der Waals surface area contributed by atoms with Gasteiger partial charge in [-0.05, 0) is 24.5 Å². The highest BCUT2D eigenvalue weighted by Gasteiger charge is 2.67. The number of nitrogens with zero attached hydrogens (tertiary/aromatic N) is 1. The summed E-state index contributed by atoms with van der Waals surface area (Å²) < 4.78 is 5.13. The summed E-state index contributed by atoms with van der Waals surface area (Å²) in [5.41, 5.74) is -1.24. The number of phenolic OH excluding ortho intramolecular Hbond substituents is 1. The number of carbonyl (C=O) groups excluding carboxylic acids is 2. The zero-order valence-corrected chi connectivity index (χ0v) is 16.1. The quantitative estimate of drug-likeness (QED) is 0.608. The van der Waals surface area contributed by atoms with Crippen LogP contribution in [0.15, 0.2) is 18.2 Å². The van der Waals surface area contributed by atoms with Crippen LogP contribution >= 0.6 is 11.8 Å². The number of carbonyl (C=O) groups is 3. The normalized spacial score (nSPS) is 29.9. The Hall–Kier alpha value is -2.26. The van der Waals surface area contributed by atoms with Gasteiger partial charge in [0.05, 0.1) is 18.9 Å². The lowest BCUT2D eigenvalue weighted by Crippen LogP contribution is -2.55. The Balaban J connectivity index is 2.15. The fourth-order valence-electron chi connectivity index (χ4n) is 4.17. The van der Waals surface area contributed by atoms with Crippen molar-refractivity contribution >= 4 is 29.5 Å².